The first-order chi connectivity index (χ1) is 6.11. The van der Waals surface area contributed by atoms with Crippen molar-refractivity contribution in [1.82, 2.24) is 10.2 Å². The molecule has 0 aromatic heterocycles. The quantitative estimate of drug-likeness (QED) is 0.562. The number of rotatable bonds is 2. The fourth-order valence-electron chi connectivity index (χ4n) is 1.72. The van der Waals surface area contributed by atoms with E-state index >= 15 is 0 Å². The van der Waals surface area contributed by atoms with Gasteiger partial charge < -0.3 is 11.1 Å². The molecule has 1 saturated carbocycles. The van der Waals surface area contributed by atoms with E-state index in [0.717, 1.165) is 19.3 Å². The second-order valence-corrected chi connectivity index (χ2v) is 3.85. The van der Waals surface area contributed by atoms with Crippen LogP contribution in [-0.2, 0) is 4.79 Å². The minimum absolute atomic E-state index is 0.120. The van der Waals surface area contributed by atoms with Crippen molar-refractivity contribution in [3.8, 4) is 0 Å². The monoisotopic (exact) mass is 183 g/mol. The van der Waals surface area contributed by atoms with Gasteiger partial charge >= 0.3 is 6.03 Å². The number of carbonyl (C=O) groups is 2. The van der Waals surface area contributed by atoms with Crippen LogP contribution in [0.15, 0.2) is 0 Å². The van der Waals surface area contributed by atoms with Crippen molar-refractivity contribution < 1.29 is 9.59 Å². The van der Waals surface area contributed by atoms with Crippen molar-refractivity contribution in [2.45, 2.75) is 24.8 Å². The van der Waals surface area contributed by atoms with Crippen LogP contribution in [0.25, 0.3) is 0 Å². The standard InChI is InChI=1S/C8H13N3O2/c9-8(2-1-3-8)5-11-6(12)4-10-7(11)13/h1-5,9H2,(H,10,13). The molecule has 3 N–H and O–H groups in total. The predicted octanol–water partition coefficient (Wildman–Crippen LogP) is -0.580. The van der Waals surface area contributed by atoms with Gasteiger partial charge in [0.25, 0.3) is 0 Å². The van der Waals surface area contributed by atoms with Gasteiger partial charge in [0, 0.05) is 12.1 Å². The van der Waals surface area contributed by atoms with Crippen LogP contribution in [0, 0.1) is 0 Å². The maximum atomic E-state index is 11.2. The summed E-state index contributed by atoms with van der Waals surface area (Å²) in [6, 6.07) is -0.304. The topological polar surface area (TPSA) is 75.4 Å². The molecule has 2 rings (SSSR count). The fraction of sp³-hybridized carbons (Fsp3) is 0.750. The van der Waals surface area contributed by atoms with E-state index in [0.29, 0.717) is 6.54 Å². The van der Waals surface area contributed by atoms with Gasteiger partial charge in [-0.1, -0.05) is 0 Å². The third-order valence-corrected chi connectivity index (χ3v) is 2.76. The maximum Gasteiger partial charge on any atom is 0.324 e. The number of urea groups is 1. The number of amides is 3. The lowest BCUT2D eigenvalue weighted by molar-refractivity contribution is -0.125. The molecule has 0 aromatic rings. The summed E-state index contributed by atoms with van der Waals surface area (Å²) in [7, 11) is 0. The normalized spacial score (nSPS) is 25.8. The van der Waals surface area contributed by atoms with Crippen LogP contribution in [0.4, 0.5) is 4.79 Å². The van der Waals surface area contributed by atoms with E-state index in [2.05, 4.69) is 5.32 Å². The molecule has 0 spiro atoms. The highest BCUT2D eigenvalue weighted by Gasteiger charge is 2.39. The fourth-order valence-corrected chi connectivity index (χ4v) is 1.72. The molecule has 1 heterocycles. The molecule has 2 fully saturated rings. The highest BCUT2D eigenvalue weighted by Crippen LogP contribution is 2.30. The summed E-state index contributed by atoms with van der Waals surface area (Å²) >= 11 is 0. The van der Waals surface area contributed by atoms with Gasteiger partial charge in [0.1, 0.15) is 0 Å². The molecule has 1 aliphatic heterocycles. The van der Waals surface area contributed by atoms with Gasteiger partial charge in [-0.25, -0.2) is 4.79 Å². The Kier molecular flexibility index (Phi) is 1.76. The van der Waals surface area contributed by atoms with Crippen LogP contribution < -0.4 is 11.1 Å². The third-order valence-electron chi connectivity index (χ3n) is 2.76. The molecule has 3 amide bonds. The van der Waals surface area contributed by atoms with Crippen LogP contribution in [0.5, 0.6) is 0 Å². The molecular weight excluding hydrogens is 170 g/mol. The lowest BCUT2D eigenvalue weighted by Crippen LogP contribution is -2.56. The van der Waals surface area contributed by atoms with Crippen LogP contribution in [0.2, 0.25) is 0 Å². The molecule has 0 atom stereocenters. The first kappa shape index (κ1) is 8.50. The maximum absolute atomic E-state index is 11.2. The molecule has 13 heavy (non-hydrogen) atoms. The summed E-state index contributed by atoms with van der Waals surface area (Å²) in [6.45, 7) is 0.493. The van der Waals surface area contributed by atoms with Gasteiger partial charge in [0.2, 0.25) is 5.91 Å². The largest absolute Gasteiger partial charge is 0.329 e. The highest BCUT2D eigenvalue weighted by molar-refractivity contribution is 6.02. The van der Waals surface area contributed by atoms with Gasteiger partial charge in [0.15, 0.2) is 0 Å². The van der Waals surface area contributed by atoms with Gasteiger partial charge in [-0.2, -0.15) is 0 Å². The summed E-state index contributed by atoms with van der Waals surface area (Å²) in [5, 5.41) is 2.47. The Morgan fingerprint density at radius 3 is 2.54 bits per heavy atom. The number of carbonyl (C=O) groups excluding carboxylic acids is 2. The average Bonchev–Trinajstić information content (AvgIpc) is 2.33. The van der Waals surface area contributed by atoms with E-state index in [9.17, 15) is 9.59 Å². The molecule has 0 bridgehead atoms. The molecule has 5 nitrogen and oxygen atoms in total. The van der Waals surface area contributed by atoms with E-state index in [-0.39, 0.29) is 24.0 Å². The molecule has 1 aliphatic carbocycles. The number of nitrogens with one attached hydrogen (secondary N) is 1. The third kappa shape index (κ3) is 1.39. The predicted molar refractivity (Wildman–Crippen MR) is 45.9 cm³/mol. The number of nitrogens with two attached hydrogens (primary N) is 1. The summed E-state index contributed by atoms with van der Waals surface area (Å²) in [5.74, 6) is -0.165. The van der Waals surface area contributed by atoms with Crippen molar-refractivity contribution in [3.63, 3.8) is 0 Å². The lowest BCUT2D eigenvalue weighted by Gasteiger charge is -2.39. The molecule has 72 valence electrons. The second-order valence-electron chi connectivity index (χ2n) is 3.85. The van der Waals surface area contributed by atoms with E-state index in [1.54, 1.807) is 0 Å². The minimum atomic E-state index is -0.308. The Hall–Kier alpha value is -1.10. The SMILES string of the molecule is NC1(CN2C(=O)CNC2=O)CCC1. The molecule has 1 saturated heterocycles. The molecular formula is C8H13N3O2. The number of nitrogens with zero attached hydrogens (tertiary/aromatic N) is 1. The number of hydrogen-bond donors (Lipinski definition) is 2. The Morgan fingerprint density at radius 2 is 2.15 bits per heavy atom. The van der Waals surface area contributed by atoms with Crippen molar-refractivity contribution in [2.24, 2.45) is 5.73 Å². The molecule has 5 heteroatoms. The van der Waals surface area contributed by atoms with Gasteiger partial charge in [-0.15, -0.1) is 0 Å². The van der Waals surface area contributed by atoms with Gasteiger partial charge in [-0.3, -0.25) is 9.69 Å². The van der Waals surface area contributed by atoms with E-state index < -0.39 is 0 Å². The summed E-state index contributed by atoms with van der Waals surface area (Å²) in [4.78, 5) is 23.6. The molecule has 0 radical (unpaired) electrons. The second kappa shape index (κ2) is 2.70. The zero-order valence-electron chi connectivity index (χ0n) is 7.38. The Bertz CT molecular complexity index is 244. The van der Waals surface area contributed by atoms with Gasteiger partial charge in [0.05, 0.1) is 6.54 Å². The molecule has 0 unspecified atom stereocenters. The van der Waals surface area contributed by atoms with E-state index in [1.807, 2.05) is 0 Å². The Morgan fingerprint density at radius 1 is 1.46 bits per heavy atom. The summed E-state index contributed by atoms with van der Waals surface area (Å²) < 4.78 is 0. The van der Waals surface area contributed by atoms with Crippen molar-refractivity contribution in [2.75, 3.05) is 13.1 Å². The zero-order valence-corrected chi connectivity index (χ0v) is 7.38. The van der Waals surface area contributed by atoms with Crippen LogP contribution in [-0.4, -0.2) is 35.5 Å². The van der Waals surface area contributed by atoms with Crippen molar-refractivity contribution in [1.29, 1.82) is 0 Å². The molecule has 2 aliphatic rings. The van der Waals surface area contributed by atoms with Gasteiger partial charge in [-0.05, 0) is 19.3 Å². The van der Waals surface area contributed by atoms with Crippen molar-refractivity contribution >= 4 is 11.9 Å². The highest BCUT2D eigenvalue weighted by atomic mass is 16.2. The Labute approximate surface area is 76.3 Å². The minimum Gasteiger partial charge on any atom is -0.329 e. The first-order valence-electron chi connectivity index (χ1n) is 4.48. The van der Waals surface area contributed by atoms with E-state index in [4.69, 9.17) is 5.73 Å². The first-order valence-corrected chi connectivity index (χ1v) is 4.48. The molecule has 0 aromatic carbocycles. The van der Waals surface area contributed by atoms with Crippen LogP contribution in [0.1, 0.15) is 19.3 Å². The van der Waals surface area contributed by atoms with E-state index in [1.165, 1.54) is 4.90 Å². The summed E-state index contributed by atoms with van der Waals surface area (Å²) in [5.41, 5.74) is 5.62. The van der Waals surface area contributed by atoms with Crippen molar-refractivity contribution in [3.05, 3.63) is 0 Å². The summed E-state index contributed by atoms with van der Waals surface area (Å²) in [6.07, 6.45) is 2.91. The van der Waals surface area contributed by atoms with Crippen LogP contribution >= 0.6 is 0 Å². The van der Waals surface area contributed by atoms with Crippen LogP contribution in [0.3, 0.4) is 0 Å². The Balaban J connectivity index is 2.00. The number of hydrogen-bond acceptors (Lipinski definition) is 3. The zero-order chi connectivity index (χ0) is 9.47. The smallest absolute Gasteiger partial charge is 0.324 e. The average molecular weight is 183 g/mol. The lowest BCUT2D eigenvalue weighted by atomic mass is 9.77. The number of imide groups is 1.